The topological polar surface area (TPSA) is 83.0 Å². The maximum atomic E-state index is 12.0. The van der Waals surface area contributed by atoms with Crippen LogP contribution in [0.4, 0.5) is 5.69 Å². The number of nitrogens with one attached hydrogen (secondary N) is 3. The van der Waals surface area contributed by atoms with Crippen molar-refractivity contribution < 1.29 is 4.42 Å². The summed E-state index contributed by atoms with van der Waals surface area (Å²) in [7, 11) is 0. The zero-order chi connectivity index (χ0) is 20.6. The van der Waals surface area contributed by atoms with Crippen LogP contribution in [-0.4, -0.2) is 23.3 Å². The monoisotopic (exact) mass is 402 g/mol. The molecular formula is C24H26N4O2. The van der Waals surface area contributed by atoms with E-state index in [0.717, 1.165) is 67.0 Å². The van der Waals surface area contributed by atoms with Gasteiger partial charge in [0, 0.05) is 23.2 Å². The summed E-state index contributed by atoms with van der Waals surface area (Å²) >= 11 is 0. The molecule has 0 amide bonds. The summed E-state index contributed by atoms with van der Waals surface area (Å²) in [6, 6.07) is 19.6. The highest BCUT2D eigenvalue weighted by atomic mass is 16.3. The van der Waals surface area contributed by atoms with Crippen LogP contribution in [0.25, 0.3) is 22.0 Å². The van der Waals surface area contributed by atoms with Gasteiger partial charge in [-0.15, -0.1) is 0 Å². The van der Waals surface area contributed by atoms with Crippen molar-refractivity contribution in [1.29, 1.82) is 0 Å². The summed E-state index contributed by atoms with van der Waals surface area (Å²) < 4.78 is 5.30. The molecule has 4 rings (SSSR count). The molecule has 0 spiro atoms. The molecule has 154 valence electrons. The molecule has 0 aliphatic carbocycles. The largest absolute Gasteiger partial charge is 0.468 e. The van der Waals surface area contributed by atoms with Crippen molar-refractivity contribution >= 4 is 16.5 Å². The summed E-state index contributed by atoms with van der Waals surface area (Å²) in [5, 5.41) is 15.3. The number of anilines is 1. The number of furan rings is 1. The van der Waals surface area contributed by atoms with Crippen molar-refractivity contribution in [3.05, 3.63) is 83.0 Å². The van der Waals surface area contributed by atoms with Crippen LogP contribution in [0.1, 0.15) is 25.0 Å². The number of benzene rings is 2. The number of H-pyrrole nitrogens is 1. The summed E-state index contributed by atoms with van der Waals surface area (Å²) in [5.41, 5.74) is 2.66. The average Bonchev–Trinajstić information content (AvgIpc) is 3.30. The van der Waals surface area contributed by atoms with Crippen LogP contribution in [0.5, 0.6) is 0 Å². The zero-order valence-corrected chi connectivity index (χ0v) is 16.9. The molecule has 6 heteroatoms. The van der Waals surface area contributed by atoms with Crippen LogP contribution in [0.3, 0.4) is 0 Å². The molecule has 0 aliphatic rings. The number of aromatic nitrogens is 2. The lowest BCUT2D eigenvalue weighted by Crippen LogP contribution is -2.14. The third-order valence-corrected chi connectivity index (χ3v) is 5.07. The van der Waals surface area contributed by atoms with E-state index >= 15 is 0 Å². The van der Waals surface area contributed by atoms with Crippen LogP contribution < -0.4 is 16.2 Å². The van der Waals surface area contributed by atoms with Gasteiger partial charge in [-0.3, -0.25) is 4.79 Å². The van der Waals surface area contributed by atoms with Crippen molar-refractivity contribution in [3.63, 3.8) is 0 Å². The van der Waals surface area contributed by atoms with Gasteiger partial charge in [-0.1, -0.05) is 36.8 Å². The van der Waals surface area contributed by atoms with Gasteiger partial charge in [0.1, 0.15) is 5.76 Å². The van der Waals surface area contributed by atoms with Gasteiger partial charge >= 0.3 is 0 Å². The normalized spacial score (nSPS) is 11.1. The van der Waals surface area contributed by atoms with E-state index in [4.69, 9.17) is 4.42 Å². The molecule has 0 bridgehead atoms. The zero-order valence-electron chi connectivity index (χ0n) is 16.9. The predicted molar refractivity (Wildman–Crippen MR) is 121 cm³/mol. The Kier molecular flexibility index (Phi) is 6.57. The highest BCUT2D eigenvalue weighted by Gasteiger charge is 2.08. The van der Waals surface area contributed by atoms with Crippen LogP contribution >= 0.6 is 0 Å². The Morgan fingerprint density at radius 3 is 2.63 bits per heavy atom. The third kappa shape index (κ3) is 4.96. The minimum absolute atomic E-state index is 0.165. The van der Waals surface area contributed by atoms with Gasteiger partial charge in [0.25, 0.3) is 5.56 Å². The molecule has 4 aromatic rings. The predicted octanol–water partition coefficient (Wildman–Crippen LogP) is 4.56. The number of nitrogens with zero attached hydrogens (tertiary/aromatic N) is 1. The molecule has 3 N–H and O–H groups in total. The SMILES string of the molecule is O=c1[nH]nc(-c2cccc(NCCCCCNCc3ccco3)c2)c2ccccc12. The first-order chi connectivity index (χ1) is 14.8. The molecule has 2 heterocycles. The first kappa shape index (κ1) is 19.9. The Hall–Kier alpha value is -3.38. The van der Waals surface area contributed by atoms with Gasteiger partial charge in [0.2, 0.25) is 0 Å². The van der Waals surface area contributed by atoms with Crippen molar-refractivity contribution in [1.82, 2.24) is 15.5 Å². The number of fused-ring (bicyclic) bond motifs is 1. The molecule has 2 aromatic carbocycles. The van der Waals surface area contributed by atoms with E-state index in [1.807, 2.05) is 48.5 Å². The fraction of sp³-hybridized carbons (Fsp3) is 0.250. The smallest absolute Gasteiger partial charge is 0.272 e. The van der Waals surface area contributed by atoms with Crippen LogP contribution in [-0.2, 0) is 6.54 Å². The second-order valence-electron chi connectivity index (χ2n) is 7.27. The fourth-order valence-electron chi connectivity index (χ4n) is 3.52. The molecule has 0 unspecified atom stereocenters. The van der Waals surface area contributed by atoms with E-state index in [0.29, 0.717) is 5.39 Å². The van der Waals surface area contributed by atoms with Gasteiger partial charge < -0.3 is 15.1 Å². The van der Waals surface area contributed by atoms with Crippen molar-refractivity contribution in [2.24, 2.45) is 0 Å². The summed E-state index contributed by atoms with van der Waals surface area (Å²) in [4.78, 5) is 12.0. The molecule has 30 heavy (non-hydrogen) atoms. The average molecular weight is 402 g/mol. The molecule has 0 saturated heterocycles. The maximum Gasteiger partial charge on any atom is 0.272 e. The summed E-state index contributed by atoms with van der Waals surface area (Å²) in [6.45, 7) is 2.69. The molecule has 0 saturated carbocycles. The highest BCUT2D eigenvalue weighted by molar-refractivity contribution is 5.94. The Morgan fingerprint density at radius 2 is 1.77 bits per heavy atom. The number of hydrogen-bond acceptors (Lipinski definition) is 5. The fourth-order valence-corrected chi connectivity index (χ4v) is 3.52. The number of hydrogen-bond donors (Lipinski definition) is 3. The van der Waals surface area contributed by atoms with Gasteiger partial charge in [0.05, 0.1) is 23.9 Å². The van der Waals surface area contributed by atoms with E-state index in [-0.39, 0.29) is 5.56 Å². The minimum Gasteiger partial charge on any atom is -0.468 e. The van der Waals surface area contributed by atoms with Gasteiger partial charge in [-0.25, -0.2) is 5.10 Å². The number of rotatable bonds is 10. The Morgan fingerprint density at radius 1 is 0.900 bits per heavy atom. The van der Waals surface area contributed by atoms with E-state index in [2.05, 4.69) is 33.0 Å². The molecular weight excluding hydrogens is 376 g/mol. The molecule has 0 atom stereocenters. The minimum atomic E-state index is -0.165. The van der Waals surface area contributed by atoms with Gasteiger partial charge in [-0.2, -0.15) is 5.10 Å². The Labute approximate surface area is 175 Å². The van der Waals surface area contributed by atoms with Crippen molar-refractivity contribution in [2.45, 2.75) is 25.8 Å². The standard InChI is InChI=1S/C24H26N4O2/c29-24-22-12-3-2-11-21(22)23(27-28-24)18-8-6-9-19(16-18)26-14-5-1-4-13-25-17-20-10-7-15-30-20/h2-3,6-12,15-16,25-26H,1,4-5,13-14,17H2,(H,28,29). The van der Waals surface area contributed by atoms with E-state index in [1.54, 1.807) is 6.26 Å². The van der Waals surface area contributed by atoms with Crippen LogP contribution in [0.2, 0.25) is 0 Å². The van der Waals surface area contributed by atoms with Gasteiger partial charge in [-0.05, 0) is 49.7 Å². The van der Waals surface area contributed by atoms with E-state index in [1.165, 1.54) is 0 Å². The summed E-state index contributed by atoms with van der Waals surface area (Å²) in [5.74, 6) is 0.973. The second-order valence-corrected chi connectivity index (χ2v) is 7.27. The Bertz CT molecular complexity index is 1140. The van der Waals surface area contributed by atoms with Crippen LogP contribution in [0.15, 0.2) is 76.1 Å². The number of unbranched alkanes of at least 4 members (excludes halogenated alkanes) is 2. The number of aromatic amines is 1. The Balaban J connectivity index is 1.27. The molecule has 0 radical (unpaired) electrons. The lowest BCUT2D eigenvalue weighted by molar-refractivity contribution is 0.478. The lowest BCUT2D eigenvalue weighted by atomic mass is 10.0. The van der Waals surface area contributed by atoms with E-state index < -0.39 is 0 Å². The quantitative estimate of drug-likeness (QED) is 0.339. The lowest BCUT2D eigenvalue weighted by Gasteiger charge is -2.10. The maximum absolute atomic E-state index is 12.0. The molecule has 0 fully saturated rings. The van der Waals surface area contributed by atoms with Crippen molar-refractivity contribution in [2.75, 3.05) is 18.4 Å². The second kappa shape index (κ2) is 9.89. The molecule has 2 aromatic heterocycles. The summed E-state index contributed by atoms with van der Waals surface area (Å²) in [6.07, 6.45) is 5.10. The van der Waals surface area contributed by atoms with Crippen LogP contribution in [0, 0.1) is 0 Å². The molecule has 0 aliphatic heterocycles. The molecule has 6 nitrogen and oxygen atoms in total. The highest BCUT2D eigenvalue weighted by Crippen LogP contribution is 2.26. The third-order valence-electron chi connectivity index (χ3n) is 5.07. The van der Waals surface area contributed by atoms with Crippen molar-refractivity contribution in [3.8, 4) is 11.3 Å². The van der Waals surface area contributed by atoms with E-state index in [9.17, 15) is 4.79 Å². The van der Waals surface area contributed by atoms with Gasteiger partial charge in [0.15, 0.2) is 0 Å². The first-order valence-corrected chi connectivity index (χ1v) is 10.4. The first-order valence-electron chi connectivity index (χ1n) is 10.4.